The maximum atomic E-state index is 13.2. The summed E-state index contributed by atoms with van der Waals surface area (Å²) in [5.41, 5.74) is 1.23. The van der Waals surface area contributed by atoms with Crippen LogP contribution in [0.2, 0.25) is 5.02 Å². The van der Waals surface area contributed by atoms with Crippen molar-refractivity contribution in [3.05, 3.63) is 77.8 Å². The van der Waals surface area contributed by atoms with Crippen LogP contribution in [0.3, 0.4) is 0 Å². The molecule has 0 saturated heterocycles. The summed E-state index contributed by atoms with van der Waals surface area (Å²) < 4.78 is 27.7. The highest BCUT2D eigenvalue weighted by Crippen LogP contribution is 2.33. The fourth-order valence-corrected chi connectivity index (χ4v) is 4.57. The summed E-state index contributed by atoms with van der Waals surface area (Å²) >= 11 is 6.11. The lowest BCUT2D eigenvalue weighted by molar-refractivity contribution is 0.590. The van der Waals surface area contributed by atoms with E-state index < -0.39 is 10.0 Å². The lowest BCUT2D eigenvalue weighted by Crippen LogP contribution is -2.12. The molecule has 114 valence electrons. The van der Waals surface area contributed by atoms with Gasteiger partial charge in [-0.2, -0.15) is 0 Å². The molecular weight excluding hydrogens is 330 g/mol. The van der Waals surface area contributed by atoms with E-state index in [1.807, 2.05) is 30.3 Å². The minimum atomic E-state index is -3.71. The molecule has 4 rings (SSSR count). The summed E-state index contributed by atoms with van der Waals surface area (Å²) in [6.45, 7) is 0. The van der Waals surface area contributed by atoms with Crippen LogP contribution in [0.5, 0.6) is 0 Å². The topological polar surface area (TPSA) is 39.1 Å². The maximum absolute atomic E-state index is 13.2. The van der Waals surface area contributed by atoms with E-state index in [1.54, 1.807) is 42.5 Å². The van der Waals surface area contributed by atoms with Crippen molar-refractivity contribution in [1.29, 1.82) is 0 Å². The van der Waals surface area contributed by atoms with Crippen LogP contribution in [-0.4, -0.2) is 12.4 Å². The van der Waals surface area contributed by atoms with E-state index in [2.05, 4.69) is 0 Å². The van der Waals surface area contributed by atoms with Crippen LogP contribution in [0.4, 0.5) is 0 Å². The van der Waals surface area contributed by atoms with E-state index in [9.17, 15) is 8.42 Å². The van der Waals surface area contributed by atoms with Gasteiger partial charge in [0.15, 0.2) is 0 Å². The van der Waals surface area contributed by atoms with E-state index in [0.29, 0.717) is 16.1 Å². The summed E-state index contributed by atoms with van der Waals surface area (Å²) in [6, 6.07) is 21.2. The largest absolute Gasteiger partial charge is 0.268 e. The average molecular weight is 342 g/mol. The summed E-state index contributed by atoms with van der Waals surface area (Å²) in [4.78, 5) is 0.252. The van der Waals surface area contributed by atoms with Gasteiger partial charge in [0.2, 0.25) is 0 Å². The van der Waals surface area contributed by atoms with Crippen LogP contribution < -0.4 is 0 Å². The molecule has 0 atom stereocenters. The fraction of sp³-hybridized carbons (Fsp3) is 0. The Morgan fingerprint density at radius 3 is 2.17 bits per heavy atom. The number of benzene rings is 3. The standard InChI is InChI=1S/C18H12ClNO2S/c19-13-10-11-16-15-8-4-5-9-17(15)20(18(16)12-13)23(21,22)14-6-2-1-3-7-14/h1-12H. The predicted molar refractivity (Wildman–Crippen MR) is 93.5 cm³/mol. The molecule has 0 aliphatic carbocycles. The van der Waals surface area contributed by atoms with Crippen LogP contribution >= 0.6 is 11.6 Å². The zero-order valence-corrected chi connectivity index (χ0v) is 13.6. The molecular formula is C18H12ClNO2S. The molecule has 0 bridgehead atoms. The van der Waals surface area contributed by atoms with E-state index in [-0.39, 0.29) is 4.90 Å². The fourth-order valence-electron chi connectivity index (χ4n) is 2.87. The second-order valence-electron chi connectivity index (χ2n) is 5.26. The van der Waals surface area contributed by atoms with Gasteiger partial charge in [0.1, 0.15) is 0 Å². The van der Waals surface area contributed by atoms with E-state index >= 15 is 0 Å². The van der Waals surface area contributed by atoms with Crippen molar-refractivity contribution in [2.24, 2.45) is 0 Å². The van der Waals surface area contributed by atoms with Crippen molar-refractivity contribution >= 4 is 43.4 Å². The summed E-state index contributed by atoms with van der Waals surface area (Å²) in [7, 11) is -3.71. The highest BCUT2D eigenvalue weighted by molar-refractivity contribution is 7.90. The van der Waals surface area contributed by atoms with E-state index in [0.717, 1.165) is 10.8 Å². The zero-order valence-electron chi connectivity index (χ0n) is 12.0. The van der Waals surface area contributed by atoms with Gasteiger partial charge in [0.25, 0.3) is 10.0 Å². The Labute approximate surface area is 138 Å². The van der Waals surface area contributed by atoms with Crippen molar-refractivity contribution in [3.8, 4) is 0 Å². The molecule has 5 heteroatoms. The molecule has 1 aromatic heterocycles. The Balaban J connectivity index is 2.19. The molecule has 0 amide bonds. The first-order valence-electron chi connectivity index (χ1n) is 7.08. The number of rotatable bonds is 2. The molecule has 3 aromatic carbocycles. The molecule has 23 heavy (non-hydrogen) atoms. The monoisotopic (exact) mass is 341 g/mol. The van der Waals surface area contributed by atoms with Crippen molar-refractivity contribution in [1.82, 2.24) is 3.97 Å². The van der Waals surface area contributed by atoms with Gasteiger partial charge in [0.05, 0.1) is 15.9 Å². The van der Waals surface area contributed by atoms with Crippen LogP contribution in [-0.2, 0) is 10.0 Å². The molecule has 0 aliphatic heterocycles. The van der Waals surface area contributed by atoms with Gasteiger partial charge in [-0.3, -0.25) is 0 Å². The minimum absolute atomic E-state index is 0.252. The van der Waals surface area contributed by atoms with Crippen molar-refractivity contribution in [3.63, 3.8) is 0 Å². The minimum Gasteiger partial charge on any atom is -0.233 e. The third-order valence-corrected chi connectivity index (χ3v) is 5.85. The van der Waals surface area contributed by atoms with Crippen molar-refractivity contribution in [2.75, 3.05) is 0 Å². The second-order valence-corrected chi connectivity index (χ2v) is 7.48. The molecule has 0 saturated carbocycles. The SMILES string of the molecule is O=S(=O)(c1ccccc1)n1c2ccccc2c2ccc(Cl)cc21. The van der Waals surface area contributed by atoms with Crippen LogP contribution in [0, 0.1) is 0 Å². The second kappa shape index (κ2) is 5.11. The Morgan fingerprint density at radius 2 is 1.39 bits per heavy atom. The first-order chi connectivity index (χ1) is 11.1. The Bertz CT molecular complexity index is 1130. The van der Waals surface area contributed by atoms with Crippen LogP contribution in [0.25, 0.3) is 21.8 Å². The summed E-state index contributed by atoms with van der Waals surface area (Å²) in [5, 5.41) is 2.26. The van der Waals surface area contributed by atoms with Crippen LogP contribution in [0.1, 0.15) is 0 Å². The van der Waals surface area contributed by atoms with Gasteiger partial charge in [-0.1, -0.05) is 54.1 Å². The maximum Gasteiger partial charge on any atom is 0.268 e. The third-order valence-electron chi connectivity index (χ3n) is 3.87. The van der Waals surface area contributed by atoms with Crippen molar-refractivity contribution in [2.45, 2.75) is 4.90 Å². The Kier molecular flexibility index (Phi) is 3.18. The molecule has 0 unspecified atom stereocenters. The molecule has 3 nitrogen and oxygen atoms in total. The summed E-state index contributed by atoms with van der Waals surface area (Å²) in [5.74, 6) is 0. The molecule has 4 aromatic rings. The lowest BCUT2D eigenvalue weighted by atomic mass is 10.2. The van der Waals surface area contributed by atoms with Gasteiger partial charge < -0.3 is 0 Å². The zero-order chi connectivity index (χ0) is 16.0. The number of hydrogen-bond acceptors (Lipinski definition) is 2. The van der Waals surface area contributed by atoms with E-state index in [4.69, 9.17) is 11.6 Å². The lowest BCUT2D eigenvalue weighted by Gasteiger charge is -2.09. The quantitative estimate of drug-likeness (QED) is 0.530. The number of halogens is 1. The van der Waals surface area contributed by atoms with Gasteiger partial charge in [-0.15, -0.1) is 0 Å². The number of fused-ring (bicyclic) bond motifs is 3. The van der Waals surface area contributed by atoms with Crippen LogP contribution in [0.15, 0.2) is 77.7 Å². The molecule has 0 aliphatic rings. The Morgan fingerprint density at radius 1 is 0.739 bits per heavy atom. The van der Waals surface area contributed by atoms with E-state index in [1.165, 1.54) is 3.97 Å². The smallest absolute Gasteiger partial charge is 0.233 e. The van der Waals surface area contributed by atoms with Gasteiger partial charge in [0, 0.05) is 15.8 Å². The third kappa shape index (κ3) is 2.14. The van der Waals surface area contributed by atoms with Gasteiger partial charge in [-0.25, -0.2) is 12.4 Å². The average Bonchev–Trinajstić information content (AvgIpc) is 2.89. The number of para-hydroxylation sites is 1. The number of aromatic nitrogens is 1. The first kappa shape index (κ1) is 14.3. The molecule has 0 spiro atoms. The van der Waals surface area contributed by atoms with Gasteiger partial charge in [-0.05, 0) is 30.3 Å². The highest BCUT2D eigenvalue weighted by Gasteiger charge is 2.22. The molecule has 0 N–H and O–H groups in total. The molecule has 0 fully saturated rings. The normalized spacial score (nSPS) is 12.0. The number of nitrogens with zero attached hydrogens (tertiary/aromatic N) is 1. The first-order valence-corrected chi connectivity index (χ1v) is 8.90. The predicted octanol–water partition coefficient (Wildman–Crippen LogP) is 4.68. The highest BCUT2D eigenvalue weighted by atomic mass is 35.5. The van der Waals surface area contributed by atoms with Gasteiger partial charge >= 0.3 is 0 Å². The summed E-state index contributed by atoms with van der Waals surface area (Å²) in [6.07, 6.45) is 0. The number of hydrogen-bond donors (Lipinski definition) is 0. The molecule has 1 heterocycles. The molecule has 0 radical (unpaired) electrons. The Hall–Kier alpha value is -2.30. The van der Waals surface area contributed by atoms with Crippen molar-refractivity contribution < 1.29 is 8.42 Å².